The Hall–Kier alpha value is -2.30. The van der Waals surface area contributed by atoms with Crippen molar-refractivity contribution in [3.8, 4) is 0 Å². The van der Waals surface area contributed by atoms with Gasteiger partial charge >= 0.3 is 0 Å². The van der Waals surface area contributed by atoms with E-state index in [4.69, 9.17) is 4.42 Å². The van der Waals surface area contributed by atoms with Gasteiger partial charge in [0.2, 0.25) is 15.9 Å². The minimum atomic E-state index is -3.55. The van der Waals surface area contributed by atoms with Gasteiger partial charge in [0.25, 0.3) is 0 Å². The predicted octanol–water partition coefficient (Wildman–Crippen LogP) is 3.09. The first-order valence-electron chi connectivity index (χ1n) is 9.83. The molecule has 0 aliphatic heterocycles. The number of aryl methyl sites for hydroxylation is 1. The summed E-state index contributed by atoms with van der Waals surface area (Å²) >= 11 is 1.32. The van der Waals surface area contributed by atoms with Gasteiger partial charge in [-0.25, -0.2) is 13.4 Å². The van der Waals surface area contributed by atoms with Gasteiger partial charge in [-0.2, -0.15) is 4.31 Å². The van der Waals surface area contributed by atoms with E-state index in [-0.39, 0.29) is 16.6 Å². The lowest BCUT2D eigenvalue weighted by Gasteiger charge is -2.18. The highest BCUT2D eigenvalue weighted by Crippen LogP contribution is 2.27. The summed E-state index contributed by atoms with van der Waals surface area (Å²) in [6.07, 6.45) is 1.56. The first-order valence-corrected chi connectivity index (χ1v) is 12.3. The molecule has 2 heterocycles. The van der Waals surface area contributed by atoms with Gasteiger partial charge in [0.1, 0.15) is 5.76 Å². The van der Waals surface area contributed by atoms with E-state index >= 15 is 0 Å². The quantitative estimate of drug-likeness (QED) is 0.477. The predicted molar refractivity (Wildman–Crippen MR) is 117 cm³/mol. The van der Waals surface area contributed by atoms with Gasteiger partial charge in [-0.3, -0.25) is 4.79 Å². The number of thioether (sulfide) groups is 1. The highest BCUT2D eigenvalue weighted by molar-refractivity contribution is 7.99. The summed E-state index contributed by atoms with van der Waals surface area (Å²) < 4.78 is 34.2. The minimum Gasteiger partial charge on any atom is -0.467 e. The topological polar surface area (TPSA) is 97.4 Å². The molecule has 1 N–H and O–H groups in total. The number of nitrogens with one attached hydrogen (secondary N) is 1. The third-order valence-corrected chi connectivity index (χ3v) is 7.74. The molecule has 0 saturated carbocycles. The molecule has 0 radical (unpaired) electrons. The van der Waals surface area contributed by atoms with Crippen molar-refractivity contribution in [2.24, 2.45) is 0 Å². The number of hydrogen-bond acceptors (Lipinski definition) is 6. The molecule has 1 aromatic carbocycles. The van der Waals surface area contributed by atoms with Crippen molar-refractivity contribution < 1.29 is 17.6 Å². The van der Waals surface area contributed by atoms with Gasteiger partial charge in [0.05, 0.1) is 34.5 Å². The summed E-state index contributed by atoms with van der Waals surface area (Å²) in [6, 6.07) is 8.58. The van der Waals surface area contributed by atoms with Gasteiger partial charge < -0.3 is 14.3 Å². The van der Waals surface area contributed by atoms with Crippen LogP contribution in [0.2, 0.25) is 0 Å². The maximum absolute atomic E-state index is 12.8. The van der Waals surface area contributed by atoms with Crippen molar-refractivity contribution in [2.75, 3.05) is 18.8 Å². The van der Waals surface area contributed by atoms with Gasteiger partial charge in [0.15, 0.2) is 5.16 Å². The fourth-order valence-corrected chi connectivity index (χ4v) is 5.54. The van der Waals surface area contributed by atoms with Crippen LogP contribution in [-0.2, 0) is 27.9 Å². The van der Waals surface area contributed by atoms with Crippen LogP contribution in [0, 0.1) is 0 Å². The van der Waals surface area contributed by atoms with Crippen LogP contribution in [-0.4, -0.2) is 47.0 Å². The van der Waals surface area contributed by atoms with E-state index in [2.05, 4.69) is 10.3 Å². The Bertz CT molecular complexity index is 1100. The summed E-state index contributed by atoms with van der Waals surface area (Å²) in [7, 11) is -3.55. The van der Waals surface area contributed by atoms with Crippen molar-refractivity contribution in [2.45, 2.75) is 43.9 Å². The number of hydrogen-bond donors (Lipinski definition) is 1. The van der Waals surface area contributed by atoms with Gasteiger partial charge in [-0.1, -0.05) is 25.6 Å². The van der Waals surface area contributed by atoms with Crippen LogP contribution in [0.15, 0.2) is 51.1 Å². The lowest BCUT2D eigenvalue weighted by molar-refractivity contribution is -0.118. The second kappa shape index (κ2) is 9.67. The highest BCUT2D eigenvalue weighted by atomic mass is 32.2. The molecule has 30 heavy (non-hydrogen) atoms. The van der Waals surface area contributed by atoms with Gasteiger partial charge in [-0.15, -0.1) is 0 Å². The van der Waals surface area contributed by atoms with Gasteiger partial charge in [0, 0.05) is 19.6 Å². The Morgan fingerprint density at radius 3 is 2.63 bits per heavy atom. The van der Waals surface area contributed by atoms with Crippen LogP contribution >= 0.6 is 11.8 Å². The largest absolute Gasteiger partial charge is 0.467 e. The Morgan fingerprint density at radius 1 is 1.23 bits per heavy atom. The lowest BCUT2D eigenvalue weighted by atomic mass is 10.3. The zero-order chi connectivity index (χ0) is 21.7. The molecular weight excluding hydrogens is 424 g/mol. The van der Waals surface area contributed by atoms with E-state index in [1.54, 1.807) is 36.6 Å². The summed E-state index contributed by atoms with van der Waals surface area (Å²) in [5, 5.41) is 3.48. The summed E-state index contributed by atoms with van der Waals surface area (Å²) in [4.78, 5) is 17.0. The van der Waals surface area contributed by atoms with E-state index < -0.39 is 10.0 Å². The van der Waals surface area contributed by atoms with Crippen LogP contribution < -0.4 is 5.32 Å². The molecule has 0 unspecified atom stereocenters. The van der Waals surface area contributed by atoms with Crippen LogP contribution in [0.3, 0.4) is 0 Å². The number of fused-ring (bicyclic) bond motifs is 1. The number of benzene rings is 1. The third-order valence-electron chi connectivity index (χ3n) is 4.72. The zero-order valence-corrected chi connectivity index (χ0v) is 18.9. The third kappa shape index (κ3) is 4.71. The molecule has 0 bridgehead atoms. The Morgan fingerprint density at radius 2 is 2.00 bits per heavy atom. The summed E-state index contributed by atoms with van der Waals surface area (Å²) in [6.45, 7) is 7.44. The number of carbonyl (C=O) groups is 1. The minimum absolute atomic E-state index is 0.129. The average molecular weight is 451 g/mol. The number of amides is 1. The summed E-state index contributed by atoms with van der Waals surface area (Å²) in [5.41, 5.74) is 1.44. The van der Waals surface area contributed by atoms with E-state index in [0.717, 1.165) is 5.52 Å². The maximum Gasteiger partial charge on any atom is 0.243 e. The van der Waals surface area contributed by atoms with E-state index in [1.165, 1.54) is 16.1 Å². The van der Waals surface area contributed by atoms with Crippen molar-refractivity contribution in [1.29, 1.82) is 0 Å². The average Bonchev–Trinajstić information content (AvgIpc) is 3.37. The molecule has 10 heteroatoms. The fourth-order valence-electron chi connectivity index (χ4n) is 3.16. The monoisotopic (exact) mass is 450 g/mol. The van der Waals surface area contributed by atoms with Crippen LogP contribution in [0.4, 0.5) is 0 Å². The normalized spacial score (nSPS) is 12.0. The van der Waals surface area contributed by atoms with Crippen molar-refractivity contribution >= 4 is 38.7 Å². The second-order valence-electron chi connectivity index (χ2n) is 6.52. The standard InChI is InChI=1S/C20H26N4O4S2/c1-4-23(5-2)30(26,27)16-9-10-18-17(12-16)22-20(24(18)6-3)29-14-19(25)21-13-15-8-7-11-28-15/h7-12H,4-6,13-14H2,1-3H3,(H,21,25). The Kier molecular flexibility index (Phi) is 7.22. The molecule has 0 fully saturated rings. The number of aromatic nitrogens is 2. The maximum atomic E-state index is 12.8. The van der Waals surface area contributed by atoms with E-state index in [1.807, 2.05) is 25.3 Å². The van der Waals surface area contributed by atoms with Gasteiger partial charge in [-0.05, 0) is 37.3 Å². The van der Waals surface area contributed by atoms with Crippen LogP contribution in [0.25, 0.3) is 11.0 Å². The first kappa shape index (κ1) is 22.4. The van der Waals surface area contributed by atoms with Crippen molar-refractivity contribution in [3.63, 3.8) is 0 Å². The highest BCUT2D eigenvalue weighted by Gasteiger charge is 2.23. The van der Waals surface area contributed by atoms with E-state index in [0.29, 0.717) is 42.6 Å². The molecule has 3 aromatic rings. The van der Waals surface area contributed by atoms with E-state index in [9.17, 15) is 13.2 Å². The SMILES string of the molecule is CCN(CC)S(=O)(=O)c1ccc2c(c1)nc(SCC(=O)NCc1ccco1)n2CC. The molecule has 0 spiro atoms. The lowest BCUT2D eigenvalue weighted by Crippen LogP contribution is -2.30. The number of furan rings is 1. The Balaban J connectivity index is 1.77. The second-order valence-corrected chi connectivity index (χ2v) is 9.40. The first-order chi connectivity index (χ1) is 14.4. The molecule has 0 aliphatic carbocycles. The number of nitrogens with zero attached hydrogens (tertiary/aromatic N) is 3. The van der Waals surface area contributed by atoms with Crippen LogP contribution in [0.1, 0.15) is 26.5 Å². The molecule has 0 saturated heterocycles. The zero-order valence-electron chi connectivity index (χ0n) is 17.3. The molecule has 1 amide bonds. The van der Waals surface area contributed by atoms with Crippen molar-refractivity contribution in [1.82, 2.24) is 19.2 Å². The Labute approximate surface area is 180 Å². The molecule has 0 atom stereocenters. The van der Waals surface area contributed by atoms with Crippen molar-refractivity contribution in [3.05, 3.63) is 42.4 Å². The molecule has 0 aliphatic rings. The fraction of sp³-hybridized carbons (Fsp3) is 0.400. The molecule has 2 aromatic heterocycles. The number of imidazole rings is 1. The molecule has 162 valence electrons. The molecule has 3 rings (SSSR count). The summed E-state index contributed by atoms with van der Waals surface area (Å²) in [5.74, 6) is 0.765. The van der Waals surface area contributed by atoms with Crippen LogP contribution in [0.5, 0.6) is 0 Å². The number of carbonyl (C=O) groups excluding carboxylic acids is 1. The molecular formula is C20H26N4O4S2. The number of sulfonamides is 1. The number of rotatable bonds is 10. The molecule has 8 nitrogen and oxygen atoms in total. The smallest absolute Gasteiger partial charge is 0.243 e.